The number of hydrogen-bond donors (Lipinski definition) is 0. The van der Waals surface area contributed by atoms with Crippen molar-refractivity contribution in [2.24, 2.45) is 0 Å². The largest absolute Gasteiger partial charge is 0.463 e. The molecular formula is C10H17ClO2. The number of allylic oxidation sites excluding steroid dienone is 1. The van der Waals surface area contributed by atoms with Gasteiger partial charge in [0.05, 0.1) is 6.61 Å². The van der Waals surface area contributed by atoms with Crippen molar-refractivity contribution in [1.29, 1.82) is 0 Å². The fourth-order valence-electron chi connectivity index (χ4n) is 1.10. The van der Waals surface area contributed by atoms with Crippen LogP contribution in [-0.2, 0) is 9.53 Å². The Morgan fingerprint density at radius 1 is 1.54 bits per heavy atom. The summed E-state index contributed by atoms with van der Waals surface area (Å²) in [5.41, 5.74) is 0.943. The Morgan fingerprint density at radius 3 is 2.46 bits per heavy atom. The van der Waals surface area contributed by atoms with E-state index in [9.17, 15) is 4.79 Å². The lowest BCUT2D eigenvalue weighted by molar-refractivity contribution is -0.137. The summed E-state index contributed by atoms with van der Waals surface area (Å²) < 4.78 is 4.77. The van der Waals surface area contributed by atoms with Gasteiger partial charge in [-0.15, -0.1) is 11.6 Å². The van der Waals surface area contributed by atoms with Gasteiger partial charge in [-0.2, -0.15) is 0 Å². The second kappa shape index (κ2) is 5.28. The molecule has 0 saturated carbocycles. The van der Waals surface area contributed by atoms with Crippen molar-refractivity contribution in [3.8, 4) is 0 Å². The zero-order chi connectivity index (χ0) is 10.5. The maximum atomic E-state index is 11.0. The third kappa shape index (κ3) is 7.85. The van der Waals surface area contributed by atoms with Gasteiger partial charge in [-0.3, -0.25) is 0 Å². The Bertz CT molecular complexity index is 201. The van der Waals surface area contributed by atoms with Gasteiger partial charge in [0.25, 0.3) is 0 Å². The van der Waals surface area contributed by atoms with Crippen LogP contribution in [0.1, 0.15) is 34.1 Å². The van der Waals surface area contributed by atoms with Crippen LogP contribution in [0.25, 0.3) is 0 Å². The number of alkyl halides is 1. The number of rotatable bonds is 4. The Labute approximate surface area is 84.9 Å². The molecule has 0 rings (SSSR count). The Kier molecular flexibility index (Phi) is 5.07. The van der Waals surface area contributed by atoms with Crippen LogP contribution < -0.4 is 0 Å². The topological polar surface area (TPSA) is 26.3 Å². The molecule has 0 aromatic heterocycles. The van der Waals surface area contributed by atoms with Gasteiger partial charge in [0.1, 0.15) is 0 Å². The molecule has 0 saturated heterocycles. The van der Waals surface area contributed by atoms with Crippen LogP contribution in [0.4, 0.5) is 0 Å². The van der Waals surface area contributed by atoms with E-state index in [1.165, 1.54) is 6.08 Å². The van der Waals surface area contributed by atoms with E-state index in [1.54, 1.807) is 6.92 Å². The number of halogens is 1. The van der Waals surface area contributed by atoms with Crippen molar-refractivity contribution in [2.45, 2.75) is 39.0 Å². The molecule has 2 nitrogen and oxygen atoms in total. The lowest BCUT2D eigenvalue weighted by Crippen LogP contribution is -2.11. The number of esters is 1. The van der Waals surface area contributed by atoms with Crippen molar-refractivity contribution < 1.29 is 9.53 Å². The van der Waals surface area contributed by atoms with Crippen LogP contribution in [0, 0.1) is 0 Å². The molecule has 0 fully saturated rings. The molecule has 76 valence electrons. The molecule has 13 heavy (non-hydrogen) atoms. The summed E-state index contributed by atoms with van der Waals surface area (Å²) in [6.07, 6.45) is 2.18. The molecular weight excluding hydrogens is 188 g/mol. The average Bonchev–Trinajstić information content (AvgIpc) is 1.81. The van der Waals surface area contributed by atoms with E-state index in [4.69, 9.17) is 16.3 Å². The molecule has 0 aromatic rings. The first-order chi connectivity index (χ1) is 5.85. The SMILES string of the molecule is CCOC(=O)/C=C(\C)CC(C)(C)Cl. The summed E-state index contributed by atoms with van der Waals surface area (Å²) >= 11 is 6.00. The molecule has 0 heterocycles. The minimum Gasteiger partial charge on any atom is -0.463 e. The van der Waals surface area contributed by atoms with Gasteiger partial charge in [0.2, 0.25) is 0 Å². The van der Waals surface area contributed by atoms with Gasteiger partial charge >= 0.3 is 5.97 Å². The summed E-state index contributed by atoms with van der Waals surface area (Å²) in [7, 11) is 0. The van der Waals surface area contributed by atoms with Crippen LogP contribution in [0.15, 0.2) is 11.6 Å². The van der Waals surface area contributed by atoms with Crippen molar-refractivity contribution in [3.63, 3.8) is 0 Å². The monoisotopic (exact) mass is 204 g/mol. The summed E-state index contributed by atoms with van der Waals surface area (Å²) in [4.78, 5) is 10.7. The quantitative estimate of drug-likeness (QED) is 0.400. The molecule has 0 radical (unpaired) electrons. The summed E-state index contributed by atoms with van der Waals surface area (Å²) in [6.45, 7) is 7.90. The highest BCUT2D eigenvalue weighted by atomic mass is 35.5. The standard InChI is InChI=1S/C10H17ClO2/c1-5-13-9(12)6-8(2)7-10(3,4)11/h6H,5,7H2,1-4H3/b8-6+. The molecule has 0 aliphatic heterocycles. The molecule has 0 unspecified atom stereocenters. The van der Waals surface area contributed by atoms with Crippen molar-refractivity contribution in [1.82, 2.24) is 0 Å². The Hall–Kier alpha value is -0.500. The predicted octanol–water partition coefficient (Wildman–Crippen LogP) is 2.90. The molecule has 0 aromatic carbocycles. The second-order valence-corrected chi connectivity index (χ2v) is 4.66. The molecule has 0 aliphatic rings. The zero-order valence-corrected chi connectivity index (χ0v) is 9.44. The van der Waals surface area contributed by atoms with Crippen LogP contribution in [0.5, 0.6) is 0 Å². The summed E-state index contributed by atoms with van der Waals surface area (Å²) in [6, 6.07) is 0. The summed E-state index contributed by atoms with van der Waals surface area (Å²) in [5.74, 6) is -0.291. The predicted molar refractivity (Wildman–Crippen MR) is 54.9 cm³/mol. The third-order valence-corrected chi connectivity index (χ3v) is 1.48. The highest BCUT2D eigenvalue weighted by molar-refractivity contribution is 6.23. The van der Waals surface area contributed by atoms with E-state index in [-0.39, 0.29) is 10.8 Å². The minimum absolute atomic E-state index is 0.291. The molecule has 0 spiro atoms. The fourth-order valence-corrected chi connectivity index (χ4v) is 1.31. The van der Waals surface area contributed by atoms with Crippen LogP contribution in [0.3, 0.4) is 0 Å². The van der Waals surface area contributed by atoms with Crippen LogP contribution in [-0.4, -0.2) is 17.5 Å². The van der Waals surface area contributed by atoms with Gasteiger partial charge < -0.3 is 4.74 Å². The lowest BCUT2D eigenvalue weighted by atomic mass is 10.0. The first-order valence-electron chi connectivity index (χ1n) is 4.38. The molecule has 0 amide bonds. The van der Waals surface area contributed by atoms with E-state index in [0.717, 1.165) is 5.57 Å². The average molecular weight is 205 g/mol. The molecule has 0 aliphatic carbocycles. The van der Waals surface area contributed by atoms with Crippen molar-refractivity contribution >= 4 is 17.6 Å². The van der Waals surface area contributed by atoms with E-state index in [1.807, 2.05) is 20.8 Å². The smallest absolute Gasteiger partial charge is 0.330 e. The Morgan fingerprint density at radius 2 is 2.08 bits per heavy atom. The van der Waals surface area contributed by atoms with E-state index in [2.05, 4.69) is 0 Å². The third-order valence-electron chi connectivity index (χ3n) is 1.35. The van der Waals surface area contributed by atoms with Crippen LogP contribution >= 0.6 is 11.6 Å². The van der Waals surface area contributed by atoms with Crippen molar-refractivity contribution in [3.05, 3.63) is 11.6 Å². The molecule has 0 bridgehead atoms. The van der Waals surface area contributed by atoms with E-state index >= 15 is 0 Å². The van der Waals surface area contributed by atoms with Gasteiger partial charge in [-0.1, -0.05) is 5.57 Å². The molecule has 3 heteroatoms. The maximum absolute atomic E-state index is 11.0. The zero-order valence-electron chi connectivity index (χ0n) is 8.69. The maximum Gasteiger partial charge on any atom is 0.330 e. The van der Waals surface area contributed by atoms with Gasteiger partial charge in [-0.25, -0.2) is 4.79 Å². The first-order valence-corrected chi connectivity index (χ1v) is 4.76. The van der Waals surface area contributed by atoms with E-state index in [0.29, 0.717) is 13.0 Å². The molecule has 0 atom stereocenters. The molecule has 0 N–H and O–H groups in total. The van der Waals surface area contributed by atoms with Gasteiger partial charge in [-0.05, 0) is 34.1 Å². The highest BCUT2D eigenvalue weighted by Crippen LogP contribution is 2.22. The van der Waals surface area contributed by atoms with Gasteiger partial charge in [0, 0.05) is 11.0 Å². The summed E-state index contributed by atoms with van der Waals surface area (Å²) in [5, 5.41) is 0. The number of hydrogen-bond acceptors (Lipinski definition) is 2. The Balaban J connectivity index is 4.09. The number of ether oxygens (including phenoxy) is 1. The lowest BCUT2D eigenvalue weighted by Gasteiger charge is -2.15. The normalized spacial score (nSPS) is 12.8. The van der Waals surface area contributed by atoms with Gasteiger partial charge in [0.15, 0.2) is 0 Å². The fraction of sp³-hybridized carbons (Fsp3) is 0.700. The first kappa shape index (κ1) is 12.5. The number of carbonyl (C=O) groups is 1. The minimum atomic E-state index is -0.299. The second-order valence-electron chi connectivity index (χ2n) is 3.64. The van der Waals surface area contributed by atoms with Crippen molar-refractivity contribution in [2.75, 3.05) is 6.61 Å². The van der Waals surface area contributed by atoms with Crippen LogP contribution in [0.2, 0.25) is 0 Å². The van der Waals surface area contributed by atoms with E-state index < -0.39 is 0 Å². The highest BCUT2D eigenvalue weighted by Gasteiger charge is 2.14. The number of carbonyl (C=O) groups excluding carboxylic acids is 1.